The molecule has 1 fully saturated rings. The van der Waals surface area contributed by atoms with Gasteiger partial charge in [0.05, 0.1) is 13.0 Å². The Morgan fingerprint density at radius 2 is 2.50 bits per heavy atom. The second-order valence-electron chi connectivity index (χ2n) is 4.05. The lowest BCUT2D eigenvalue weighted by molar-refractivity contribution is -0.138. The predicted octanol–water partition coefficient (Wildman–Crippen LogP) is 0.899. The van der Waals surface area contributed by atoms with E-state index in [0.29, 0.717) is 12.4 Å². The fourth-order valence-electron chi connectivity index (χ4n) is 2.14. The molecule has 0 spiro atoms. The van der Waals surface area contributed by atoms with E-state index in [0.717, 1.165) is 25.8 Å². The van der Waals surface area contributed by atoms with Gasteiger partial charge in [-0.1, -0.05) is 11.6 Å². The maximum atomic E-state index is 10.7. The van der Waals surface area contributed by atoms with Crippen LogP contribution in [0.2, 0.25) is 0 Å². The molecule has 6 heteroatoms. The molecule has 0 saturated carbocycles. The highest BCUT2D eigenvalue weighted by molar-refractivity contribution is 5.67. The smallest absolute Gasteiger partial charge is 0.304 e. The Morgan fingerprint density at radius 1 is 1.62 bits per heavy atom. The summed E-state index contributed by atoms with van der Waals surface area (Å²) in [6, 6.07) is 0.0955. The molecule has 1 saturated heterocycles. The van der Waals surface area contributed by atoms with Gasteiger partial charge in [-0.05, 0) is 19.4 Å². The summed E-state index contributed by atoms with van der Waals surface area (Å²) in [5, 5.41) is 12.4. The quantitative estimate of drug-likeness (QED) is 0.820. The summed E-state index contributed by atoms with van der Waals surface area (Å²) < 4.78 is 4.94. The first-order valence-corrected chi connectivity index (χ1v) is 5.47. The van der Waals surface area contributed by atoms with Gasteiger partial charge < -0.3 is 9.63 Å². The van der Waals surface area contributed by atoms with Gasteiger partial charge in [0.15, 0.2) is 6.33 Å². The maximum Gasteiger partial charge on any atom is 0.304 e. The Hall–Kier alpha value is -1.43. The third kappa shape index (κ3) is 2.79. The Morgan fingerprint density at radius 3 is 3.19 bits per heavy atom. The van der Waals surface area contributed by atoms with E-state index in [2.05, 4.69) is 15.0 Å². The molecule has 1 unspecified atom stereocenters. The highest BCUT2D eigenvalue weighted by Crippen LogP contribution is 2.21. The fourth-order valence-corrected chi connectivity index (χ4v) is 2.14. The van der Waals surface area contributed by atoms with E-state index in [1.54, 1.807) is 0 Å². The molecule has 1 atom stereocenters. The zero-order valence-corrected chi connectivity index (χ0v) is 9.00. The number of carboxylic acids is 1. The van der Waals surface area contributed by atoms with Crippen LogP contribution in [-0.2, 0) is 11.3 Å². The molecule has 6 nitrogen and oxygen atoms in total. The molecule has 1 N–H and O–H groups in total. The van der Waals surface area contributed by atoms with Crippen molar-refractivity contribution in [2.24, 2.45) is 0 Å². The highest BCUT2D eigenvalue weighted by Gasteiger charge is 2.25. The topological polar surface area (TPSA) is 79.5 Å². The first-order chi connectivity index (χ1) is 7.75. The normalized spacial score (nSPS) is 22.1. The lowest BCUT2D eigenvalue weighted by Crippen LogP contribution is -2.40. The number of nitrogens with zero attached hydrogens (tertiary/aromatic N) is 3. The van der Waals surface area contributed by atoms with Gasteiger partial charge in [0.25, 0.3) is 0 Å². The highest BCUT2D eigenvalue weighted by atomic mass is 16.5. The van der Waals surface area contributed by atoms with Gasteiger partial charge in [-0.3, -0.25) is 9.69 Å². The number of hydrogen-bond acceptors (Lipinski definition) is 5. The summed E-state index contributed by atoms with van der Waals surface area (Å²) >= 11 is 0. The van der Waals surface area contributed by atoms with Crippen LogP contribution in [0.3, 0.4) is 0 Å². The van der Waals surface area contributed by atoms with Gasteiger partial charge in [-0.2, -0.15) is 4.98 Å². The molecular formula is C10H15N3O3. The van der Waals surface area contributed by atoms with Crippen LogP contribution >= 0.6 is 0 Å². The van der Waals surface area contributed by atoms with E-state index in [-0.39, 0.29) is 12.5 Å². The summed E-state index contributed by atoms with van der Waals surface area (Å²) in [6.07, 6.45) is 4.68. The molecule has 0 aromatic carbocycles. The van der Waals surface area contributed by atoms with Gasteiger partial charge in [0.2, 0.25) is 5.89 Å². The molecule has 88 valence electrons. The molecule has 1 aromatic heterocycles. The van der Waals surface area contributed by atoms with Crippen molar-refractivity contribution in [3.63, 3.8) is 0 Å². The summed E-state index contributed by atoms with van der Waals surface area (Å²) in [6.45, 7) is 1.46. The first-order valence-electron chi connectivity index (χ1n) is 5.47. The lowest BCUT2D eigenvalue weighted by atomic mass is 9.99. The third-order valence-corrected chi connectivity index (χ3v) is 2.90. The molecule has 1 aromatic rings. The minimum atomic E-state index is -0.748. The van der Waals surface area contributed by atoms with Crippen molar-refractivity contribution in [3.05, 3.63) is 12.2 Å². The van der Waals surface area contributed by atoms with Crippen LogP contribution in [-0.4, -0.2) is 38.7 Å². The number of hydrogen-bond donors (Lipinski definition) is 1. The number of carboxylic acid groups (broad SMARTS) is 1. The summed E-state index contributed by atoms with van der Waals surface area (Å²) in [5.41, 5.74) is 0. The minimum Gasteiger partial charge on any atom is -0.481 e. The van der Waals surface area contributed by atoms with Crippen LogP contribution < -0.4 is 0 Å². The standard InChI is InChI=1S/C10H15N3O3/c14-10(15)5-8-3-1-2-4-13(8)6-9-11-7-12-16-9/h7-8H,1-6H2,(H,14,15). The van der Waals surface area contributed by atoms with E-state index in [1.165, 1.54) is 6.33 Å². The van der Waals surface area contributed by atoms with Crippen molar-refractivity contribution >= 4 is 5.97 Å². The monoisotopic (exact) mass is 225 g/mol. The third-order valence-electron chi connectivity index (χ3n) is 2.90. The van der Waals surface area contributed by atoms with Gasteiger partial charge in [0.1, 0.15) is 0 Å². The van der Waals surface area contributed by atoms with Gasteiger partial charge in [-0.15, -0.1) is 0 Å². The van der Waals surface area contributed by atoms with Gasteiger partial charge >= 0.3 is 5.97 Å². The number of likely N-dealkylation sites (tertiary alicyclic amines) is 1. The van der Waals surface area contributed by atoms with Crippen molar-refractivity contribution in [2.45, 2.75) is 38.3 Å². The second-order valence-corrected chi connectivity index (χ2v) is 4.05. The van der Waals surface area contributed by atoms with Crippen molar-refractivity contribution < 1.29 is 14.4 Å². The fraction of sp³-hybridized carbons (Fsp3) is 0.700. The van der Waals surface area contributed by atoms with Crippen LogP contribution in [0, 0.1) is 0 Å². The Kier molecular flexibility index (Phi) is 3.51. The summed E-state index contributed by atoms with van der Waals surface area (Å²) in [7, 11) is 0. The SMILES string of the molecule is O=C(O)CC1CCCCN1Cc1ncno1. The van der Waals surface area contributed by atoms with Crippen molar-refractivity contribution in [3.8, 4) is 0 Å². The van der Waals surface area contributed by atoms with Gasteiger partial charge in [0, 0.05) is 6.04 Å². The maximum absolute atomic E-state index is 10.7. The first kappa shape index (κ1) is 11.1. The number of aromatic nitrogens is 2. The molecule has 0 bridgehead atoms. The van der Waals surface area contributed by atoms with Gasteiger partial charge in [-0.25, -0.2) is 0 Å². The predicted molar refractivity (Wildman–Crippen MR) is 54.6 cm³/mol. The van der Waals surface area contributed by atoms with Crippen LogP contribution in [0.5, 0.6) is 0 Å². The Balaban J connectivity index is 1.96. The molecule has 16 heavy (non-hydrogen) atoms. The minimum absolute atomic E-state index is 0.0955. The largest absolute Gasteiger partial charge is 0.481 e. The van der Waals surface area contributed by atoms with Crippen LogP contribution in [0.25, 0.3) is 0 Å². The molecule has 2 heterocycles. The number of piperidine rings is 1. The number of rotatable bonds is 4. The average molecular weight is 225 g/mol. The van der Waals surface area contributed by atoms with Crippen LogP contribution in [0.4, 0.5) is 0 Å². The molecule has 0 radical (unpaired) electrons. The number of aliphatic carboxylic acids is 1. The van der Waals surface area contributed by atoms with Crippen molar-refractivity contribution in [2.75, 3.05) is 6.54 Å². The Bertz CT molecular complexity index is 339. The van der Waals surface area contributed by atoms with Crippen LogP contribution in [0.15, 0.2) is 10.9 Å². The number of carbonyl (C=O) groups is 1. The molecular weight excluding hydrogens is 210 g/mol. The molecule has 0 amide bonds. The van der Waals surface area contributed by atoms with Crippen molar-refractivity contribution in [1.29, 1.82) is 0 Å². The molecule has 0 aliphatic carbocycles. The van der Waals surface area contributed by atoms with E-state index in [1.807, 2.05) is 0 Å². The zero-order chi connectivity index (χ0) is 11.4. The zero-order valence-electron chi connectivity index (χ0n) is 9.00. The summed E-state index contributed by atoms with van der Waals surface area (Å²) in [5.74, 6) is -0.195. The summed E-state index contributed by atoms with van der Waals surface area (Å²) in [4.78, 5) is 16.8. The molecule has 1 aliphatic heterocycles. The van der Waals surface area contributed by atoms with Crippen LogP contribution in [0.1, 0.15) is 31.6 Å². The molecule has 2 rings (SSSR count). The van der Waals surface area contributed by atoms with E-state index < -0.39 is 5.97 Å². The van der Waals surface area contributed by atoms with E-state index in [4.69, 9.17) is 9.63 Å². The second kappa shape index (κ2) is 5.07. The van der Waals surface area contributed by atoms with Crippen molar-refractivity contribution in [1.82, 2.24) is 15.0 Å². The van der Waals surface area contributed by atoms with E-state index >= 15 is 0 Å². The molecule has 1 aliphatic rings. The average Bonchev–Trinajstić information content (AvgIpc) is 2.73. The lowest BCUT2D eigenvalue weighted by Gasteiger charge is -2.33. The van der Waals surface area contributed by atoms with E-state index in [9.17, 15) is 4.79 Å². The Labute approximate surface area is 93.2 Å².